The van der Waals surface area contributed by atoms with Crippen LogP contribution < -0.4 is 0 Å². The molecule has 1 atom stereocenters. The van der Waals surface area contributed by atoms with E-state index in [1.165, 1.54) is 4.88 Å². The molecule has 1 amide bonds. The number of thiazole rings is 1. The maximum absolute atomic E-state index is 12.1. The van der Waals surface area contributed by atoms with Gasteiger partial charge in [0.1, 0.15) is 0 Å². The minimum absolute atomic E-state index is 0.247. The normalized spacial score (nSPS) is 27.4. The van der Waals surface area contributed by atoms with E-state index in [9.17, 15) is 4.79 Å². The summed E-state index contributed by atoms with van der Waals surface area (Å²) in [7, 11) is 0. The van der Waals surface area contributed by atoms with Gasteiger partial charge < -0.3 is 9.64 Å². The van der Waals surface area contributed by atoms with Gasteiger partial charge in [-0.2, -0.15) is 0 Å². The van der Waals surface area contributed by atoms with Crippen molar-refractivity contribution in [3.63, 3.8) is 0 Å². The van der Waals surface area contributed by atoms with Gasteiger partial charge in [-0.3, -0.25) is 4.79 Å². The molecule has 5 heteroatoms. The molecular formula is C14H20N2O2S. The molecule has 1 aromatic rings. The smallest absolute Gasteiger partial charge is 0.222 e. The summed E-state index contributed by atoms with van der Waals surface area (Å²) in [4.78, 5) is 19.7. The number of piperidine rings is 1. The van der Waals surface area contributed by atoms with Crippen molar-refractivity contribution in [2.75, 3.05) is 26.3 Å². The first-order chi connectivity index (χ1) is 9.19. The number of carbonyl (C=O) groups excluding carboxylic acids is 1. The van der Waals surface area contributed by atoms with Crippen molar-refractivity contribution in [3.8, 4) is 0 Å². The van der Waals surface area contributed by atoms with Crippen LogP contribution in [0.2, 0.25) is 0 Å². The average molecular weight is 280 g/mol. The Morgan fingerprint density at radius 2 is 2.42 bits per heavy atom. The second kappa shape index (κ2) is 5.21. The van der Waals surface area contributed by atoms with Crippen LogP contribution in [0.25, 0.3) is 0 Å². The Balaban J connectivity index is 1.62. The van der Waals surface area contributed by atoms with Crippen LogP contribution in [0, 0.1) is 12.3 Å². The highest BCUT2D eigenvalue weighted by atomic mass is 32.1. The van der Waals surface area contributed by atoms with E-state index in [-0.39, 0.29) is 5.41 Å². The van der Waals surface area contributed by atoms with E-state index >= 15 is 0 Å². The maximum atomic E-state index is 12.1. The first-order valence-electron chi connectivity index (χ1n) is 6.93. The second-order valence-electron chi connectivity index (χ2n) is 5.73. The molecule has 0 radical (unpaired) electrons. The number of carbonyl (C=O) groups is 1. The van der Waals surface area contributed by atoms with Gasteiger partial charge in [-0.25, -0.2) is 4.98 Å². The largest absolute Gasteiger partial charge is 0.381 e. The molecule has 0 bridgehead atoms. The summed E-state index contributed by atoms with van der Waals surface area (Å²) in [5.74, 6) is 0.305. The summed E-state index contributed by atoms with van der Waals surface area (Å²) >= 11 is 1.69. The van der Waals surface area contributed by atoms with E-state index in [4.69, 9.17) is 4.74 Å². The quantitative estimate of drug-likeness (QED) is 0.850. The molecule has 0 saturated carbocycles. The molecule has 0 N–H and O–H groups in total. The van der Waals surface area contributed by atoms with E-state index in [1.54, 1.807) is 11.3 Å². The van der Waals surface area contributed by atoms with Crippen LogP contribution in [0.3, 0.4) is 0 Å². The molecule has 3 rings (SSSR count). The molecule has 2 saturated heterocycles. The van der Waals surface area contributed by atoms with Gasteiger partial charge in [0, 0.05) is 42.8 Å². The molecule has 1 unspecified atom stereocenters. The first-order valence-corrected chi connectivity index (χ1v) is 7.81. The number of ether oxygens (including phenoxy) is 1. The van der Waals surface area contributed by atoms with E-state index in [2.05, 4.69) is 4.98 Å². The lowest BCUT2D eigenvalue weighted by Crippen LogP contribution is -2.47. The predicted molar refractivity (Wildman–Crippen MR) is 74.2 cm³/mol. The van der Waals surface area contributed by atoms with Crippen molar-refractivity contribution in [2.45, 2.75) is 32.6 Å². The number of aromatic nitrogens is 1. The van der Waals surface area contributed by atoms with Crippen LogP contribution >= 0.6 is 11.3 Å². The molecule has 104 valence electrons. The fourth-order valence-electron chi connectivity index (χ4n) is 3.08. The van der Waals surface area contributed by atoms with Crippen molar-refractivity contribution < 1.29 is 9.53 Å². The molecule has 1 spiro atoms. The van der Waals surface area contributed by atoms with Gasteiger partial charge >= 0.3 is 0 Å². The monoisotopic (exact) mass is 280 g/mol. The zero-order valence-corrected chi connectivity index (χ0v) is 12.2. The Hall–Kier alpha value is -0.940. The van der Waals surface area contributed by atoms with Crippen LogP contribution in [-0.2, 0) is 16.0 Å². The number of hydrogen-bond donors (Lipinski definition) is 0. The second-order valence-corrected chi connectivity index (χ2v) is 6.67. The molecule has 3 heterocycles. The molecule has 2 fully saturated rings. The molecule has 4 nitrogen and oxygen atoms in total. The third-order valence-corrected chi connectivity index (χ3v) is 5.38. The van der Waals surface area contributed by atoms with Crippen LogP contribution in [0.1, 0.15) is 29.8 Å². The summed E-state index contributed by atoms with van der Waals surface area (Å²) in [6.45, 7) is 5.43. The van der Waals surface area contributed by atoms with Gasteiger partial charge in [0.05, 0.1) is 17.8 Å². The highest BCUT2D eigenvalue weighted by Gasteiger charge is 2.41. The highest BCUT2D eigenvalue weighted by molar-refractivity contribution is 7.09. The number of aryl methyl sites for hydroxylation is 1. The Kier molecular flexibility index (Phi) is 3.58. The Bertz CT molecular complexity index is 466. The Morgan fingerprint density at radius 1 is 1.53 bits per heavy atom. The maximum Gasteiger partial charge on any atom is 0.222 e. The van der Waals surface area contributed by atoms with Gasteiger partial charge in [-0.05, 0) is 19.8 Å². The molecule has 0 aliphatic carbocycles. The molecule has 19 heavy (non-hydrogen) atoms. The summed E-state index contributed by atoms with van der Waals surface area (Å²) in [5, 5.41) is 0. The number of likely N-dealkylation sites (tertiary alicyclic amines) is 1. The number of nitrogens with zero attached hydrogens (tertiary/aromatic N) is 2. The molecule has 1 aromatic heterocycles. The van der Waals surface area contributed by atoms with E-state index in [0.29, 0.717) is 12.3 Å². The lowest BCUT2D eigenvalue weighted by Gasteiger charge is -2.39. The minimum atomic E-state index is 0.247. The molecular weight excluding hydrogens is 260 g/mol. The fourth-order valence-corrected chi connectivity index (χ4v) is 3.85. The van der Waals surface area contributed by atoms with Gasteiger partial charge in [0.25, 0.3) is 0 Å². The standard InChI is InChI=1S/C14H20N2O2S/c1-11-12(19-10-15-11)3-6-16-8-14(4-2-13(16)17)5-7-18-9-14/h10H,2-9H2,1H3. The molecule has 0 aromatic carbocycles. The number of rotatable bonds is 3. The lowest BCUT2D eigenvalue weighted by atomic mass is 9.79. The predicted octanol–water partition coefficient (Wildman–Crippen LogP) is 2.02. The highest BCUT2D eigenvalue weighted by Crippen LogP contribution is 2.38. The van der Waals surface area contributed by atoms with E-state index in [0.717, 1.165) is 51.3 Å². The number of amides is 1. The van der Waals surface area contributed by atoms with E-state index in [1.807, 2.05) is 17.3 Å². The first kappa shape index (κ1) is 13.1. The fraction of sp³-hybridized carbons (Fsp3) is 0.714. The summed E-state index contributed by atoms with van der Waals surface area (Å²) in [6.07, 6.45) is 3.72. The lowest BCUT2D eigenvalue weighted by molar-refractivity contribution is -0.137. The van der Waals surface area contributed by atoms with Crippen molar-refractivity contribution in [3.05, 3.63) is 16.1 Å². The summed E-state index contributed by atoms with van der Waals surface area (Å²) < 4.78 is 5.54. The van der Waals surface area contributed by atoms with Crippen LogP contribution in [0.15, 0.2) is 5.51 Å². The third kappa shape index (κ3) is 2.67. The minimum Gasteiger partial charge on any atom is -0.381 e. The topological polar surface area (TPSA) is 42.4 Å². The third-order valence-electron chi connectivity index (χ3n) is 4.39. The zero-order valence-electron chi connectivity index (χ0n) is 11.4. The van der Waals surface area contributed by atoms with Crippen LogP contribution in [-0.4, -0.2) is 42.1 Å². The van der Waals surface area contributed by atoms with Crippen LogP contribution in [0.5, 0.6) is 0 Å². The van der Waals surface area contributed by atoms with Crippen molar-refractivity contribution in [2.24, 2.45) is 5.41 Å². The summed E-state index contributed by atoms with van der Waals surface area (Å²) in [6, 6.07) is 0. The van der Waals surface area contributed by atoms with Gasteiger partial charge in [0.15, 0.2) is 0 Å². The van der Waals surface area contributed by atoms with Crippen molar-refractivity contribution >= 4 is 17.2 Å². The van der Waals surface area contributed by atoms with Gasteiger partial charge in [-0.15, -0.1) is 11.3 Å². The van der Waals surface area contributed by atoms with E-state index < -0.39 is 0 Å². The van der Waals surface area contributed by atoms with Crippen molar-refractivity contribution in [1.82, 2.24) is 9.88 Å². The Labute approximate surface area is 117 Å². The molecule has 2 aliphatic rings. The number of hydrogen-bond acceptors (Lipinski definition) is 4. The Morgan fingerprint density at radius 3 is 3.11 bits per heavy atom. The SMILES string of the molecule is Cc1ncsc1CCN1CC2(CCOC2)CCC1=O. The molecule has 2 aliphatic heterocycles. The van der Waals surface area contributed by atoms with Gasteiger partial charge in [-0.1, -0.05) is 0 Å². The average Bonchev–Trinajstić information content (AvgIpc) is 3.01. The van der Waals surface area contributed by atoms with Crippen molar-refractivity contribution in [1.29, 1.82) is 0 Å². The van der Waals surface area contributed by atoms with Crippen LogP contribution in [0.4, 0.5) is 0 Å². The zero-order chi connectivity index (χ0) is 13.3. The van der Waals surface area contributed by atoms with Gasteiger partial charge in [0.2, 0.25) is 5.91 Å². The summed E-state index contributed by atoms with van der Waals surface area (Å²) in [5.41, 5.74) is 3.24.